The van der Waals surface area contributed by atoms with E-state index < -0.39 is 0 Å². The van der Waals surface area contributed by atoms with Crippen LogP contribution >= 0.6 is 0 Å². The van der Waals surface area contributed by atoms with E-state index in [-0.39, 0.29) is 12.4 Å². The maximum absolute atomic E-state index is 9.77. The molecule has 3 rings (SSSR count). The van der Waals surface area contributed by atoms with Crippen LogP contribution in [0.5, 0.6) is 23.1 Å². The molecule has 0 bridgehead atoms. The van der Waals surface area contributed by atoms with E-state index in [0.717, 1.165) is 22.6 Å². The van der Waals surface area contributed by atoms with Gasteiger partial charge in [0.25, 0.3) is 0 Å². The summed E-state index contributed by atoms with van der Waals surface area (Å²) in [6.45, 7) is 0.247. The van der Waals surface area contributed by atoms with Crippen LogP contribution in [0.3, 0.4) is 0 Å². The smallest absolute Gasteiger partial charge is 0.220 e. The molecule has 0 saturated carbocycles. The average Bonchev–Trinajstić information content (AvgIpc) is 2.67. The summed E-state index contributed by atoms with van der Waals surface area (Å²) in [5.41, 5.74) is 2.56. The lowest BCUT2D eigenvalue weighted by Crippen LogP contribution is -2.01. The fourth-order valence-corrected chi connectivity index (χ4v) is 2.41. The van der Waals surface area contributed by atoms with Crippen LogP contribution in [0, 0.1) is 0 Å². The fourth-order valence-electron chi connectivity index (χ4n) is 2.41. The van der Waals surface area contributed by atoms with Crippen LogP contribution in [0.1, 0.15) is 5.56 Å². The first kappa shape index (κ1) is 16.6. The number of methoxy groups -OCH3 is 2. The topological polar surface area (TPSA) is 60.8 Å². The standard InChI is InChI=1S/C20H19NO4/c1-23-16-10-7-14(8-11-16)17-12-9-15(20(21-17)24-2)13-25-19-6-4-3-5-18(19)22/h3-12,22H,13H2,1-2H3. The average molecular weight is 337 g/mol. The van der Waals surface area contributed by atoms with E-state index in [4.69, 9.17) is 14.2 Å². The molecule has 3 aromatic rings. The molecule has 0 radical (unpaired) electrons. The lowest BCUT2D eigenvalue weighted by Gasteiger charge is -2.12. The van der Waals surface area contributed by atoms with Crippen molar-refractivity contribution < 1.29 is 19.3 Å². The number of rotatable bonds is 6. The van der Waals surface area contributed by atoms with Crippen molar-refractivity contribution in [1.29, 1.82) is 0 Å². The van der Waals surface area contributed by atoms with Crippen LogP contribution < -0.4 is 14.2 Å². The van der Waals surface area contributed by atoms with Gasteiger partial charge in [0.2, 0.25) is 5.88 Å². The van der Waals surface area contributed by atoms with Crippen molar-refractivity contribution in [2.75, 3.05) is 14.2 Å². The fraction of sp³-hybridized carbons (Fsp3) is 0.150. The Kier molecular flexibility index (Phi) is 5.04. The van der Waals surface area contributed by atoms with Gasteiger partial charge in [-0.1, -0.05) is 12.1 Å². The highest BCUT2D eigenvalue weighted by Crippen LogP contribution is 2.28. The predicted octanol–water partition coefficient (Wildman–Crippen LogP) is 4.05. The van der Waals surface area contributed by atoms with E-state index in [9.17, 15) is 5.11 Å². The summed E-state index contributed by atoms with van der Waals surface area (Å²) in [6, 6.07) is 18.3. The number of hydrogen-bond acceptors (Lipinski definition) is 5. The van der Waals surface area contributed by atoms with Crippen molar-refractivity contribution in [3.05, 3.63) is 66.2 Å². The lowest BCUT2D eigenvalue weighted by atomic mass is 10.1. The first-order chi connectivity index (χ1) is 12.2. The first-order valence-electron chi connectivity index (χ1n) is 7.80. The number of nitrogens with zero attached hydrogens (tertiary/aromatic N) is 1. The number of aromatic hydroxyl groups is 1. The molecule has 1 aromatic heterocycles. The molecule has 0 atom stereocenters. The minimum Gasteiger partial charge on any atom is -0.504 e. The number of ether oxygens (including phenoxy) is 3. The van der Waals surface area contributed by atoms with Crippen molar-refractivity contribution >= 4 is 0 Å². The Balaban J connectivity index is 1.80. The Hall–Kier alpha value is -3.21. The minimum atomic E-state index is 0.101. The van der Waals surface area contributed by atoms with Crippen molar-refractivity contribution in [3.63, 3.8) is 0 Å². The Morgan fingerprint density at radius 2 is 1.64 bits per heavy atom. The summed E-state index contributed by atoms with van der Waals surface area (Å²) >= 11 is 0. The van der Waals surface area contributed by atoms with Crippen LogP contribution in [0.4, 0.5) is 0 Å². The number of para-hydroxylation sites is 2. The van der Waals surface area contributed by atoms with E-state index in [0.29, 0.717) is 11.6 Å². The largest absolute Gasteiger partial charge is 0.504 e. The predicted molar refractivity (Wildman–Crippen MR) is 95.2 cm³/mol. The van der Waals surface area contributed by atoms with Crippen LogP contribution in [-0.2, 0) is 6.61 Å². The van der Waals surface area contributed by atoms with Gasteiger partial charge in [-0.25, -0.2) is 4.98 Å². The molecule has 0 amide bonds. The third-order valence-electron chi connectivity index (χ3n) is 3.77. The molecule has 0 saturated heterocycles. The Bertz CT molecular complexity index is 847. The van der Waals surface area contributed by atoms with Crippen LogP contribution in [0.25, 0.3) is 11.3 Å². The highest BCUT2D eigenvalue weighted by Gasteiger charge is 2.10. The summed E-state index contributed by atoms with van der Waals surface area (Å²) in [6.07, 6.45) is 0. The van der Waals surface area contributed by atoms with Gasteiger partial charge in [0.1, 0.15) is 12.4 Å². The third-order valence-corrected chi connectivity index (χ3v) is 3.77. The zero-order chi connectivity index (χ0) is 17.6. The lowest BCUT2D eigenvalue weighted by molar-refractivity contribution is 0.280. The molecule has 25 heavy (non-hydrogen) atoms. The van der Waals surface area contributed by atoms with Gasteiger partial charge in [0, 0.05) is 5.56 Å². The van der Waals surface area contributed by atoms with Crippen molar-refractivity contribution in [2.24, 2.45) is 0 Å². The molecule has 128 valence electrons. The van der Waals surface area contributed by atoms with Gasteiger partial charge < -0.3 is 19.3 Å². The highest BCUT2D eigenvalue weighted by atomic mass is 16.5. The van der Waals surface area contributed by atoms with Crippen molar-refractivity contribution in [2.45, 2.75) is 6.61 Å². The van der Waals surface area contributed by atoms with Gasteiger partial charge in [-0.3, -0.25) is 0 Å². The van der Waals surface area contributed by atoms with Crippen molar-refractivity contribution in [1.82, 2.24) is 4.98 Å². The Morgan fingerprint density at radius 3 is 2.32 bits per heavy atom. The number of aromatic nitrogens is 1. The Morgan fingerprint density at radius 1 is 0.880 bits per heavy atom. The number of benzene rings is 2. The molecule has 0 aliphatic carbocycles. The van der Waals surface area contributed by atoms with E-state index in [2.05, 4.69) is 4.98 Å². The van der Waals surface area contributed by atoms with Gasteiger partial charge in [-0.15, -0.1) is 0 Å². The molecule has 5 nitrogen and oxygen atoms in total. The molecule has 5 heteroatoms. The second kappa shape index (κ2) is 7.57. The highest BCUT2D eigenvalue weighted by molar-refractivity contribution is 5.61. The normalized spacial score (nSPS) is 10.3. The molecule has 0 unspecified atom stereocenters. The molecule has 1 N–H and O–H groups in total. The van der Waals surface area contributed by atoms with Gasteiger partial charge in [-0.05, 0) is 48.5 Å². The number of phenolic OH excluding ortho intramolecular Hbond substituents is 1. The number of phenols is 1. The van der Waals surface area contributed by atoms with Crippen molar-refractivity contribution in [3.8, 4) is 34.4 Å². The van der Waals surface area contributed by atoms with E-state index >= 15 is 0 Å². The van der Waals surface area contributed by atoms with Gasteiger partial charge in [-0.2, -0.15) is 0 Å². The third kappa shape index (κ3) is 3.83. The molecular weight excluding hydrogens is 318 g/mol. The minimum absolute atomic E-state index is 0.101. The zero-order valence-electron chi connectivity index (χ0n) is 14.1. The van der Waals surface area contributed by atoms with E-state index in [1.165, 1.54) is 0 Å². The zero-order valence-corrected chi connectivity index (χ0v) is 14.1. The second-order valence-electron chi connectivity index (χ2n) is 5.35. The second-order valence-corrected chi connectivity index (χ2v) is 5.35. The van der Waals surface area contributed by atoms with Crippen LogP contribution in [-0.4, -0.2) is 24.3 Å². The van der Waals surface area contributed by atoms with Gasteiger partial charge in [0.15, 0.2) is 11.5 Å². The summed E-state index contributed by atoms with van der Waals surface area (Å²) in [5.74, 6) is 1.81. The summed E-state index contributed by atoms with van der Waals surface area (Å²) in [4.78, 5) is 4.55. The Labute approximate surface area is 146 Å². The molecule has 0 spiro atoms. The van der Waals surface area contributed by atoms with Crippen LogP contribution in [0.2, 0.25) is 0 Å². The van der Waals surface area contributed by atoms with E-state index in [1.54, 1.807) is 38.5 Å². The monoisotopic (exact) mass is 337 g/mol. The first-order valence-corrected chi connectivity index (χ1v) is 7.80. The number of hydrogen-bond donors (Lipinski definition) is 1. The van der Waals surface area contributed by atoms with Gasteiger partial charge >= 0.3 is 0 Å². The summed E-state index contributed by atoms with van der Waals surface area (Å²) in [7, 11) is 3.21. The molecule has 0 aliphatic rings. The van der Waals surface area contributed by atoms with E-state index in [1.807, 2.05) is 36.4 Å². The molecule has 1 heterocycles. The quantitative estimate of drug-likeness (QED) is 0.735. The molecular formula is C20H19NO4. The van der Waals surface area contributed by atoms with Crippen LogP contribution in [0.15, 0.2) is 60.7 Å². The molecule has 0 fully saturated rings. The maximum Gasteiger partial charge on any atom is 0.220 e. The molecule has 0 aliphatic heterocycles. The number of pyridine rings is 1. The molecule has 2 aromatic carbocycles. The maximum atomic E-state index is 9.77. The van der Waals surface area contributed by atoms with Gasteiger partial charge in [0.05, 0.1) is 25.5 Å². The summed E-state index contributed by atoms with van der Waals surface area (Å²) in [5, 5.41) is 9.77. The SMILES string of the molecule is COc1ccc(-c2ccc(COc3ccccc3O)c(OC)n2)cc1. The summed E-state index contributed by atoms with van der Waals surface area (Å²) < 4.78 is 16.2.